The van der Waals surface area contributed by atoms with Gasteiger partial charge in [0.15, 0.2) is 5.16 Å². The van der Waals surface area contributed by atoms with Gasteiger partial charge in [-0.15, -0.1) is 0 Å². The van der Waals surface area contributed by atoms with Crippen LogP contribution in [0.4, 0.5) is 0 Å². The van der Waals surface area contributed by atoms with Crippen molar-refractivity contribution in [2.45, 2.75) is 29.6 Å². The molecule has 0 saturated heterocycles. The summed E-state index contributed by atoms with van der Waals surface area (Å²) in [5.74, 6) is 0. The van der Waals surface area contributed by atoms with Gasteiger partial charge in [-0.05, 0) is 30.5 Å². The van der Waals surface area contributed by atoms with Gasteiger partial charge in [0, 0.05) is 49.7 Å². The van der Waals surface area contributed by atoms with Gasteiger partial charge in [-0.3, -0.25) is 4.90 Å². The standard InChI is InChI=1S/C19H20N4O2S2/c1-26-19-20-12-15-13-22(11-9-18(15)21-19)14-16-6-5-10-23(16)27(24,25)17-7-3-2-4-8-17/h2-8,10,12H,9,11,13-14H2,1H3. The van der Waals surface area contributed by atoms with Gasteiger partial charge >= 0.3 is 0 Å². The Hall–Kier alpha value is -2.16. The van der Waals surface area contributed by atoms with E-state index in [0.29, 0.717) is 11.4 Å². The van der Waals surface area contributed by atoms with Gasteiger partial charge in [-0.25, -0.2) is 22.4 Å². The van der Waals surface area contributed by atoms with E-state index in [4.69, 9.17) is 0 Å². The second kappa shape index (κ2) is 7.46. The Balaban J connectivity index is 1.56. The lowest BCUT2D eigenvalue weighted by Gasteiger charge is -2.28. The fraction of sp³-hybridized carbons (Fsp3) is 0.263. The summed E-state index contributed by atoms with van der Waals surface area (Å²) in [5.41, 5.74) is 2.96. The Morgan fingerprint density at radius 1 is 1.15 bits per heavy atom. The molecule has 6 nitrogen and oxygen atoms in total. The summed E-state index contributed by atoms with van der Waals surface area (Å²) < 4.78 is 27.3. The predicted molar refractivity (Wildman–Crippen MR) is 105 cm³/mol. The largest absolute Gasteiger partial charge is 0.293 e. The zero-order valence-electron chi connectivity index (χ0n) is 14.9. The number of aromatic nitrogens is 3. The van der Waals surface area contributed by atoms with Crippen LogP contribution in [0.1, 0.15) is 17.0 Å². The summed E-state index contributed by atoms with van der Waals surface area (Å²) in [4.78, 5) is 11.5. The lowest BCUT2D eigenvalue weighted by atomic mass is 10.1. The summed E-state index contributed by atoms with van der Waals surface area (Å²) in [6, 6.07) is 12.2. The Morgan fingerprint density at radius 3 is 2.74 bits per heavy atom. The van der Waals surface area contributed by atoms with E-state index in [-0.39, 0.29) is 0 Å². The van der Waals surface area contributed by atoms with Crippen molar-refractivity contribution in [2.75, 3.05) is 12.8 Å². The highest BCUT2D eigenvalue weighted by Crippen LogP contribution is 2.22. The summed E-state index contributed by atoms with van der Waals surface area (Å²) in [6.07, 6.45) is 6.32. The zero-order chi connectivity index (χ0) is 18.9. The van der Waals surface area contributed by atoms with Crippen LogP contribution < -0.4 is 0 Å². The first kappa shape index (κ1) is 18.2. The maximum atomic E-state index is 12.9. The second-order valence-corrected chi connectivity index (χ2v) is 8.99. The minimum atomic E-state index is -3.58. The third-order valence-corrected chi connectivity index (χ3v) is 6.96. The zero-order valence-corrected chi connectivity index (χ0v) is 16.6. The highest BCUT2D eigenvalue weighted by molar-refractivity contribution is 7.98. The van der Waals surface area contributed by atoms with E-state index in [1.165, 1.54) is 3.97 Å². The first-order chi connectivity index (χ1) is 13.1. The fourth-order valence-corrected chi connectivity index (χ4v) is 5.03. The van der Waals surface area contributed by atoms with Crippen LogP contribution in [0.3, 0.4) is 0 Å². The average Bonchev–Trinajstić information content (AvgIpc) is 3.17. The minimum Gasteiger partial charge on any atom is -0.293 e. The van der Waals surface area contributed by atoms with Crippen LogP contribution in [0.2, 0.25) is 0 Å². The molecule has 0 amide bonds. The maximum absolute atomic E-state index is 12.9. The molecular weight excluding hydrogens is 380 g/mol. The highest BCUT2D eigenvalue weighted by atomic mass is 32.2. The Morgan fingerprint density at radius 2 is 1.96 bits per heavy atom. The topological polar surface area (TPSA) is 68.1 Å². The van der Waals surface area contributed by atoms with Crippen molar-refractivity contribution < 1.29 is 8.42 Å². The van der Waals surface area contributed by atoms with Gasteiger partial charge < -0.3 is 0 Å². The maximum Gasteiger partial charge on any atom is 0.267 e. The lowest BCUT2D eigenvalue weighted by molar-refractivity contribution is 0.238. The van der Waals surface area contributed by atoms with E-state index < -0.39 is 10.0 Å². The number of benzene rings is 1. The van der Waals surface area contributed by atoms with Crippen LogP contribution in [0.25, 0.3) is 0 Å². The van der Waals surface area contributed by atoms with Gasteiger partial charge in [0.1, 0.15) is 0 Å². The van der Waals surface area contributed by atoms with E-state index in [9.17, 15) is 8.42 Å². The van der Waals surface area contributed by atoms with Crippen molar-refractivity contribution in [1.29, 1.82) is 0 Å². The molecule has 0 bridgehead atoms. The smallest absolute Gasteiger partial charge is 0.267 e. The molecule has 0 aliphatic carbocycles. The number of hydrogen-bond donors (Lipinski definition) is 0. The van der Waals surface area contributed by atoms with Gasteiger partial charge in [-0.1, -0.05) is 30.0 Å². The third-order valence-electron chi connectivity index (χ3n) is 4.65. The number of nitrogens with zero attached hydrogens (tertiary/aromatic N) is 4. The van der Waals surface area contributed by atoms with E-state index in [1.54, 1.807) is 48.3 Å². The number of rotatable bonds is 5. The van der Waals surface area contributed by atoms with Gasteiger partial charge in [-0.2, -0.15) is 0 Å². The molecule has 0 fully saturated rings. The van der Waals surface area contributed by atoms with Crippen molar-refractivity contribution in [3.05, 3.63) is 71.8 Å². The first-order valence-electron chi connectivity index (χ1n) is 8.66. The summed E-state index contributed by atoms with van der Waals surface area (Å²) in [5, 5.41) is 0.796. The van der Waals surface area contributed by atoms with Crippen LogP contribution >= 0.6 is 11.8 Å². The molecule has 27 heavy (non-hydrogen) atoms. The molecule has 3 aromatic rings. The molecule has 0 atom stereocenters. The third kappa shape index (κ3) is 3.65. The molecule has 0 N–H and O–H groups in total. The number of thioether (sulfide) groups is 1. The molecule has 1 aromatic carbocycles. The molecular formula is C19H20N4O2S2. The summed E-state index contributed by atoms with van der Waals surface area (Å²) >= 11 is 1.54. The molecule has 8 heteroatoms. The fourth-order valence-electron chi connectivity index (χ4n) is 3.28. The highest BCUT2D eigenvalue weighted by Gasteiger charge is 2.23. The van der Waals surface area contributed by atoms with Crippen molar-refractivity contribution in [1.82, 2.24) is 18.8 Å². The van der Waals surface area contributed by atoms with Crippen molar-refractivity contribution >= 4 is 21.8 Å². The van der Waals surface area contributed by atoms with Crippen LogP contribution in [0.5, 0.6) is 0 Å². The normalized spacial score (nSPS) is 14.9. The molecule has 0 radical (unpaired) electrons. The molecule has 3 heterocycles. The Labute approximate surface area is 163 Å². The lowest BCUT2D eigenvalue weighted by Crippen LogP contribution is -2.32. The molecule has 0 saturated carbocycles. The average molecular weight is 401 g/mol. The van der Waals surface area contributed by atoms with Gasteiger partial charge in [0.2, 0.25) is 0 Å². The second-order valence-electron chi connectivity index (χ2n) is 6.40. The molecule has 140 valence electrons. The van der Waals surface area contributed by atoms with Crippen LogP contribution in [0.15, 0.2) is 64.9 Å². The Kier molecular flexibility index (Phi) is 5.03. The van der Waals surface area contributed by atoms with E-state index in [2.05, 4.69) is 14.9 Å². The van der Waals surface area contributed by atoms with E-state index in [0.717, 1.165) is 41.6 Å². The van der Waals surface area contributed by atoms with E-state index >= 15 is 0 Å². The summed E-state index contributed by atoms with van der Waals surface area (Å²) in [7, 11) is -3.58. The minimum absolute atomic E-state index is 0.296. The quantitative estimate of drug-likeness (QED) is 0.485. The molecule has 0 spiro atoms. The molecule has 0 unspecified atom stereocenters. The van der Waals surface area contributed by atoms with Gasteiger partial charge in [0.05, 0.1) is 10.6 Å². The van der Waals surface area contributed by atoms with Crippen LogP contribution in [-0.4, -0.2) is 40.1 Å². The predicted octanol–water partition coefficient (Wildman–Crippen LogP) is 2.80. The SMILES string of the molecule is CSc1ncc2c(n1)CCN(Cc1cccn1S(=O)(=O)c1ccccc1)C2. The number of fused-ring (bicyclic) bond motifs is 1. The Bertz CT molecular complexity index is 1050. The van der Waals surface area contributed by atoms with Crippen LogP contribution in [-0.2, 0) is 29.5 Å². The van der Waals surface area contributed by atoms with E-state index in [1.807, 2.05) is 24.6 Å². The first-order valence-corrected chi connectivity index (χ1v) is 11.3. The van der Waals surface area contributed by atoms with Crippen LogP contribution in [0, 0.1) is 0 Å². The molecule has 2 aromatic heterocycles. The molecule has 1 aliphatic rings. The van der Waals surface area contributed by atoms with Crippen molar-refractivity contribution in [2.24, 2.45) is 0 Å². The van der Waals surface area contributed by atoms with Crippen molar-refractivity contribution in [3.8, 4) is 0 Å². The monoisotopic (exact) mass is 400 g/mol. The molecule has 1 aliphatic heterocycles. The van der Waals surface area contributed by atoms with Gasteiger partial charge in [0.25, 0.3) is 10.0 Å². The molecule has 4 rings (SSSR count). The number of hydrogen-bond acceptors (Lipinski definition) is 6. The van der Waals surface area contributed by atoms with Crippen molar-refractivity contribution in [3.63, 3.8) is 0 Å². The summed E-state index contributed by atoms with van der Waals surface area (Å²) in [6.45, 7) is 2.12.